The summed E-state index contributed by atoms with van der Waals surface area (Å²) in [6.45, 7) is 3.18. The van der Waals surface area contributed by atoms with E-state index in [-0.39, 0.29) is 0 Å². The summed E-state index contributed by atoms with van der Waals surface area (Å²) in [4.78, 5) is 9.37. The highest BCUT2D eigenvalue weighted by Gasteiger charge is 1.96. The number of alkyl halides is 1. The van der Waals surface area contributed by atoms with E-state index in [4.69, 9.17) is 0 Å². The van der Waals surface area contributed by atoms with E-state index in [9.17, 15) is 9.18 Å². The summed E-state index contributed by atoms with van der Waals surface area (Å²) < 4.78 is 15.1. The molecule has 0 N–H and O–H groups in total. The average molecular weight is 131 g/mol. The molecule has 4 heteroatoms. The van der Waals surface area contributed by atoms with Crippen LogP contribution in [0.3, 0.4) is 0 Å². The van der Waals surface area contributed by atoms with Crippen LogP contribution in [0.5, 0.6) is 0 Å². The van der Waals surface area contributed by atoms with Crippen LogP contribution in [0.15, 0.2) is 17.3 Å². The lowest BCUT2D eigenvalue weighted by Crippen LogP contribution is -2.03. The fourth-order valence-corrected chi connectivity index (χ4v) is 0.597. The molecule has 0 fully saturated rings. The summed E-state index contributed by atoms with van der Waals surface area (Å²) in [5.74, 6) is -1.07. The van der Waals surface area contributed by atoms with E-state index < -0.39 is 15.5 Å². The van der Waals surface area contributed by atoms with E-state index in [0.717, 1.165) is 6.08 Å². The number of allylic oxidation sites excluding steroid dienone is 1. The second-order valence-electron chi connectivity index (χ2n) is 1.18. The van der Waals surface area contributed by atoms with Gasteiger partial charge in [0.1, 0.15) is 5.79 Å². The zero-order valence-corrected chi connectivity index (χ0v) is 5.72. The zero-order valence-electron chi connectivity index (χ0n) is 4.30. The smallest absolute Gasteiger partial charge is 0.224 e. The first-order valence-electron chi connectivity index (χ1n) is 2.11. The Morgan fingerprint density at radius 3 is 3.00 bits per heavy atom. The summed E-state index contributed by atoms with van der Waals surface area (Å²) >= 11 is 0. The van der Waals surface area contributed by atoms with Crippen LogP contribution >= 0.6 is 0 Å². The minimum atomic E-state index is -1.25. The van der Waals surface area contributed by atoms with Gasteiger partial charge in [0.2, 0.25) is 15.8 Å². The van der Waals surface area contributed by atoms with Gasteiger partial charge in [-0.1, -0.05) is 6.08 Å². The summed E-state index contributed by atoms with van der Waals surface area (Å²) in [6.07, 6.45) is 2.43. The van der Waals surface area contributed by atoms with Gasteiger partial charge < -0.3 is 0 Å². The Morgan fingerprint density at radius 2 is 2.62 bits per heavy atom. The normalized spacial score (nSPS) is 13.1. The standard InChI is InChI=1S/C4H6FNOSi/c1-2-4(5)8-6-3-7/h2,4H,1,8H2. The van der Waals surface area contributed by atoms with Gasteiger partial charge >= 0.3 is 0 Å². The predicted octanol–water partition coefficient (Wildman–Crippen LogP) is -0.112. The Hall–Kier alpha value is -0.733. The van der Waals surface area contributed by atoms with Gasteiger partial charge in [-0.15, -0.1) is 6.58 Å². The van der Waals surface area contributed by atoms with Crippen molar-refractivity contribution in [3.8, 4) is 0 Å². The number of hydrogen-bond acceptors (Lipinski definition) is 2. The predicted molar refractivity (Wildman–Crippen MR) is 31.8 cm³/mol. The van der Waals surface area contributed by atoms with Crippen LogP contribution in [-0.4, -0.2) is 21.6 Å². The molecule has 0 aromatic heterocycles. The fourth-order valence-electron chi connectivity index (χ4n) is 0.199. The molecule has 0 spiro atoms. The number of isocyanates is 1. The van der Waals surface area contributed by atoms with Gasteiger partial charge in [-0.05, 0) is 0 Å². The highest BCUT2D eigenvalue weighted by molar-refractivity contribution is 6.36. The summed E-state index contributed by atoms with van der Waals surface area (Å²) in [6, 6.07) is 0. The first-order chi connectivity index (χ1) is 3.81. The molecule has 0 amide bonds. The van der Waals surface area contributed by atoms with Crippen molar-refractivity contribution >= 4 is 15.8 Å². The van der Waals surface area contributed by atoms with Crippen LogP contribution < -0.4 is 0 Å². The molecule has 0 radical (unpaired) electrons. The Bertz CT molecular complexity index is 121. The van der Waals surface area contributed by atoms with Gasteiger partial charge in [0.05, 0.1) is 0 Å². The van der Waals surface area contributed by atoms with Crippen molar-refractivity contribution in [3.63, 3.8) is 0 Å². The number of nitrogens with zero attached hydrogens (tertiary/aromatic N) is 1. The van der Waals surface area contributed by atoms with Gasteiger partial charge in [0, 0.05) is 0 Å². The highest BCUT2D eigenvalue weighted by atomic mass is 28.2. The van der Waals surface area contributed by atoms with Gasteiger partial charge in [-0.3, -0.25) is 4.66 Å². The maximum absolute atomic E-state index is 12.0. The number of rotatable bonds is 3. The Morgan fingerprint density at radius 1 is 2.00 bits per heavy atom. The maximum atomic E-state index is 12.0. The van der Waals surface area contributed by atoms with E-state index >= 15 is 0 Å². The topological polar surface area (TPSA) is 29.4 Å². The molecule has 0 aromatic carbocycles. The molecule has 0 saturated heterocycles. The van der Waals surface area contributed by atoms with Gasteiger partial charge in [-0.2, -0.15) is 0 Å². The fraction of sp³-hybridized carbons (Fsp3) is 0.250. The molecule has 1 unspecified atom stereocenters. The van der Waals surface area contributed by atoms with Crippen molar-refractivity contribution in [2.45, 2.75) is 5.79 Å². The van der Waals surface area contributed by atoms with Crippen LogP contribution in [-0.2, 0) is 4.79 Å². The van der Waals surface area contributed by atoms with Crippen molar-refractivity contribution in [2.24, 2.45) is 4.66 Å². The van der Waals surface area contributed by atoms with Crippen molar-refractivity contribution in [2.75, 3.05) is 0 Å². The summed E-state index contributed by atoms with van der Waals surface area (Å²) in [7, 11) is -1.25. The van der Waals surface area contributed by atoms with E-state index in [2.05, 4.69) is 11.2 Å². The number of halogens is 1. The lowest BCUT2D eigenvalue weighted by atomic mass is 10.7. The molecule has 44 valence electrons. The molecular weight excluding hydrogens is 125 g/mol. The third-order valence-corrected chi connectivity index (χ3v) is 1.58. The first-order valence-corrected chi connectivity index (χ1v) is 3.56. The minimum Gasteiger partial charge on any atom is -0.252 e. The second kappa shape index (κ2) is 4.43. The second-order valence-corrected chi connectivity index (χ2v) is 2.65. The van der Waals surface area contributed by atoms with Gasteiger partial charge in [0.25, 0.3) is 0 Å². The summed E-state index contributed by atoms with van der Waals surface area (Å²) in [5, 5.41) is 0. The van der Waals surface area contributed by atoms with Gasteiger partial charge in [-0.25, -0.2) is 9.18 Å². The van der Waals surface area contributed by atoms with Crippen LogP contribution in [0.25, 0.3) is 0 Å². The monoisotopic (exact) mass is 131 g/mol. The average Bonchev–Trinajstić information content (AvgIpc) is 1.83. The van der Waals surface area contributed by atoms with Crippen LogP contribution in [0.2, 0.25) is 0 Å². The maximum Gasteiger partial charge on any atom is 0.224 e. The largest absolute Gasteiger partial charge is 0.252 e. The summed E-state index contributed by atoms with van der Waals surface area (Å²) in [5.41, 5.74) is 0. The van der Waals surface area contributed by atoms with E-state index in [0.29, 0.717) is 0 Å². The van der Waals surface area contributed by atoms with E-state index in [1.165, 1.54) is 6.08 Å². The zero-order chi connectivity index (χ0) is 6.41. The lowest BCUT2D eigenvalue weighted by Gasteiger charge is -1.88. The Kier molecular flexibility index (Phi) is 4.02. The van der Waals surface area contributed by atoms with Gasteiger partial charge in [0.15, 0.2) is 0 Å². The molecule has 2 nitrogen and oxygen atoms in total. The molecule has 0 aromatic rings. The number of carbonyl (C=O) groups excluding carboxylic acids is 1. The molecule has 0 aliphatic carbocycles. The van der Waals surface area contributed by atoms with E-state index in [1.54, 1.807) is 0 Å². The lowest BCUT2D eigenvalue weighted by molar-refractivity contribution is 0.505. The van der Waals surface area contributed by atoms with Crippen molar-refractivity contribution in [1.82, 2.24) is 0 Å². The van der Waals surface area contributed by atoms with Crippen LogP contribution in [0, 0.1) is 0 Å². The first kappa shape index (κ1) is 7.27. The molecule has 0 bridgehead atoms. The molecule has 0 aliphatic heterocycles. The molecule has 1 atom stereocenters. The third kappa shape index (κ3) is 3.46. The Labute approximate surface area is 49.0 Å². The molecule has 0 rings (SSSR count). The number of hydrogen-bond donors (Lipinski definition) is 0. The SMILES string of the molecule is C=CC(F)[SiH2]N=C=O. The van der Waals surface area contributed by atoms with E-state index in [1.807, 2.05) is 0 Å². The molecule has 0 heterocycles. The van der Waals surface area contributed by atoms with Crippen molar-refractivity contribution in [3.05, 3.63) is 12.7 Å². The van der Waals surface area contributed by atoms with Crippen molar-refractivity contribution < 1.29 is 9.18 Å². The Balaban J connectivity index is 3.38. The van der Waals surface area contributed by atoms with Crippen LogP contribution in [0.1, 0.15) is 0 Å². The van der Waals surface area contributed by atoms with Crippen LogP contribution in [0.4, 0.5) is 4.39 Å². The molecule has 0 saturated carbocycles. The molecule has 8 heavy (non-hydrogen) atoms. The highest BCUT2D eigenvalue weighted by Crippen LogP contribution is 1.86. The minimum absolute atomic E-state index is 1.07. The quantitative estimate of drug-likeness (QED) is 0.227. The van der Waals surface area contributed by atoms with Crippen molar-refractivity contribution in [1.29, 1.82) is 0 Å². The third-order valence-electron chi connectivity index (χ3n) is 0.586. The molecular formula is C4H6FNOSi. The molecule has 0 aliphatic rings.